The Bertz CT molecular complexity index is 471. The van der Waals surface area contributed by atoms with E-state index in [1.54, 1.807) is 11.8 Å². The second-order valence-corrected chi connectivity index (χ2v) is 4.57. The number of hydrogen-bond donors (Lipinski definition) is 0. The Morgan fingerprint density at radius 3 is 3.00 bits per heavy atom. The van der Waals surface area contributed by atoms with Crippen molar-refractivity contribution < 1.29 is 0 Å². The molecule has 5 heteroatoms. The Labute approximate surface area is 110 Å². The van der Waals surface area contributed by atoms with Crippen LogP contribution in [-0.2, 0) is 6.54 Å². The average molecular weight is 273 g/mol. The number of aliphatic imine (C=N–C) groups is 1. The molecule has 0 N–H and O–H groups in total. The molecule has 0 unspecified atom stereocenters. The number of allylic oxidation sites excluding steroid dienone is 1. The molecule has 2 heterocycles. The van der Waals surface area contributed by atoms with Crippen LogP contribution in [0.2, 0.25) is 0 Å². The molecule has 0 aromatic heterocycles. The maximum Gasteiger partial charge on any atom is 0.173 e. The van der Waals surface area contributed by atoms with Crippen molar-refractivity contribution in [2.75, 3.05) is 5.88 Å². The van der Waals surface area contributed by atoms with E-state index in [9.17, 15) is 0 Å². The van der Waals surface area contributed by atoms with Gasteiger partial charge in [-0.1, -0.05) is 30.0 Å². The van der Waals surface area contributed by atoms with Gasteiger partial charge in [0.1, 0.15) is 0 Å². The lowest BCUT2D eigenvalue weighted by molar-refractivity contribution is 0.518. The fraction of sp³-hybridized carbons (Fsp3) is 0.182. The third-order valence-electron chi connectivity index (χ3n) is 2.55. The molecular weight excluding hydrogens is 263 g/mol. The van der Waals surface area contributed by atoms with Crippen molar-refractivity contribution in [3.63, 3.8) is 0 Å². The lowest BCUT2D eigenvalue weighted by Gasteiger charge is -2.25. The van der Waals surface area contributed by atoms with Crippen LogP contribution in [0.1, 0.15) is 5.56 Å². The van der Waals surface area contributed by atoms with Gasteiger partial charge in [-0.2, -0.15) is 0 Å². The van der Waals surface area contributed by atoms with Crippen molar-refractivity contribution in [1.82, 2.24) is 4.90 Å². The number of halogens is 2. The zero-order chi connectivity index (χ0) is 10.3. The van der Waals surface area contributed by atoms with Crippen LogP contribution in [-0.4, -0.2) is 15.9 Å². The number of amidine groups is 1. The molecular formula is C11H10Cl2N2S. The number of fused-ring (bicyclic) bond motifs is 2. The molecule has 0 saturated carbocycles. The zero-order valence-electron chi connectivity index (χ0n) is 8.39. The van der Waals surface area contributed by atoms with Gasteiger partial charge in [-0.3, -0.25) is 0 Å². The highest BCUT2D eigenvalue weighted by molar-refractivity contribution is 8.16. The summed E-state index contributed by atoms with van der Waals surface area (Å²) in [7, 11) is 0. The van der Waals surface area contributed by atoms with E-state index in [-0.39, 0.29) is 12.4 Å². The third kappa shape index (κ3) is 1.83. The van der Waals surface area contributed by atoms with Crippen molar-refractivity contribution in [2.24, 2.45) is 4.99 Å². The predicted molar refractivity (Wildman–Crippen MR) is 72.7 cm³/mol. The zero-order valence-corrected chi connectivity index (χ0v) is 10.8. The van der Waals surface area contributed by atoms with Crippen molar-refractivity contribution in [3.8, 4) is 0 Å². The SMILES string of the molecule is Cl.ClCC1=CSC2=Nc3ccccc3CN12. The second kappa shape index (κ2) is 4.70. The molecule has 16 heavy (non-hydrogen) atoms. The minimum atomic E-state index is 0. The normalized spacial score (nSPS) is 16.9. The van der Waals surface area contributed by atoms with Gasteiger partial charge in [-0.25, -0.2) is 4.99 Å². The first-order valence-corrected chi connectivity index (χ1v) is 6.16. The molecule has 1 aromatic rings. The highest BCUT2D eigenvalue weighted by Crippen LogP contribution is 2.36. The minimum Gasteiger partial charge on any atom is -0.318 e. The molecule has 0 atom stereocenters. The molecule has 0 saturated heterocycles. The lowest BCUT2D eigenvalue weighted by atomic mass is 10.1. The van der Waals surface area contributed by atoms with Crippen molar-refractivity contribution in [2.45, 2.75) is 6.54 Å². The van der Waals surface area contributed by atoms with E-state index in [1.165, 1.54) is 5.56 Å². The number of nitrogens with zero attached hydrogens (tertiary/aromatic N) is 2. The van der Waals surface area contributed by atoms with Crippen molar-refractivity contribution in [1.29, 1.82) is 0 Å². The summed E-state index contributed by atoms with van der Waals surface area (Å²) in [6, 6.07) is 8.24. The molecule has 2 aliphatic heterocycles. The molecule has 0 radical (unpaired) electrons. The minimum absolute atomic E-state index is 0. The predicted octanol–water partition coefficient (Wildman–Crippen LogP) is 3.74. The smallest absolute Gasteiger partial charge is 0.173 e. The van der Waals surface area contributed by atoms with E-state index >= 15 is 0 Å². The lowest BCUT2D eigenvalue weighted by Crippen LogP contribution is -2.26. The number of benzene rings is 1. The Balaban J connectivity index is 0.000000963. The summed E-state index contributed by atoms with van der Waals surface area (Å²) in [5.74, 6) is 0.550. The third-order valence-corrected chi connectivity index (χ3v) is 3.74. The van der Waals surface area contributed by atoms with Crippen LogP contribution in [0, 0.1) is 0 Å². The first-order chi connectivity index (χ1) is 7.38. The van der Waals surface area contributed by atoms with Gasteiger partial charge in [0, 0.05) is 5.70 Å². The first-order valence-electron chi connectivity index (χ1n) is 4.74. The molecule has 84 valence electrons. The van der Waals surface area contributed by atoms with Crippen molar-refractivity contribution in [3.05, 3.63) is 40.9 Å². The topological polar surface area (TPSA) is 15.6 Å². The molecule has 0 fully saturated rings. The van der Waals surface area contributed by atoms with Gasteiger partial charge in [0.15, 0.2) is 5.17 Å². The van der Waals surface area contributed by atoms with E-state index in [1.807, 2.05) is 12.1 Å². The van der Waals surface area contributed by atoms with Gasteiger partial charge >= 0.3 is 0 Å². The first kappa shape index (κ1) is 11.8. The van der Waals surface area contributed by atoms with Crippen LogP contribution in [0.25, 0.3) is 0 Å². The standard InChI is InChI=1S/C11H9ClN2S.ClH/c12-5-9-7-15-11-13-10-4-2-1-3-8(10)6-14(9)11;/h1-4,7H,5-6H2;1H. The van der Waals surface area contributed by atoms with E-state index in [4.69, 9.17) is 11.6 Å². The maximum absolute atomic E-state index is 5.88. The van der Waals surface area contributed by atoms with Gasteiger partial charge in [0.25, 0.3) is 0 Å². The summed E-state index contributed by atoms with van der Waals surface area (Å²) < 4.78 is 0. The summed E-state index contributed by atoms with van der Waals surface area (Å²) in [6.45, 7) is 0.889. The number of rotatable bonds is 1. The van der Waals surface area contributed by atoms with Gasteiger partial charge < -0.3 is 4.90 Å². The summed E-state index contributed by atoms with van der Waals surface area (Å²) in [5.41, 5.74) is 3.50. The fourth-order valence-electron chi connectivity index (χ4n) is 1.76. The summed E-state index contributed by atoms with van der Waals surface area (Å²) in [6.07, 6.45) is 0. The number of para-hydroxylation sites is 1. The monoisotopic (exact) mass is 272 g/mol. The van der Waals surface area contributed by atoms with E-state index in [2.05, 4.69) is 27.4 Å². The van der Waals surface area contributed by atoms with E-state index < -0.39 is 0 Å². The summed E-state index contributed by atoms with van der Waals surface area (Å²) in [5, 5.41) is 3.13. The molecule has 0 bridgehead atoms. The van der Waals surface area contributed by atoms with Crippen LogP contribution < -0.4 is 0 Å². The Morgan fingerprint density at radius 1 is 1.38 bits per heavy atom. The number of hydrogen-bond acceptors (Lipinski definition) is 3. The van der Waals surface area contributed by atoms with Crippen molar-refractivity contribution >= 4 is 46.6 Å². The van der Waals surface area contributed by atoms with Crippen LogP contribution in [0.5, 0.6) is 0 Å². The van der Waals surface area contributed by atoms with E-state index in [0.717, 1.165) is 23.1 Å². The Hall–Kier alpha value is -0.640. The van der Waals surface area contributed by atoms with Crippen LogP contribution in [0.15, 0.2) is 40.4 Å². The number of thioether (sulfide) groups is 1. The van der Waals surface area contributed by atoms with Crippen LogP contribution in [0.3, 0.4) is 0 Å². The van der Waals surface area contributed by atoms with Gasteiger partial charge in [-0.15, -0.1) is 24.0 Å². The highest BCUT2D eigenvalue weighted by atomic mass is 35.5. The molecule has 0 spiro atoms. The molecule has 2 aliphatic rings. The van der Waals surface area contributed by atoms with Gasteiger partial charge in [0.05, 0.1) is 18.1 Å². The average Bonchev–Trinajstić information content (AvgIpc) is 2.68. The van der Waals surface area contributed by atoms with Crippen LogP contribution >= 0.6 is 35.8 Å². The maximum atomic E-state index is 5.88. The summed E-state index contributed by atoms with van der Waals surface area (Å²) in [4.78, 5) is 6.78. The quantitative estimate of drug-likeness (QED) is 0.724. The molecule has 3 rings (SSSR count). The van der Waals surface area contributed by atoms with Gasteiger partial charge in [-0.05, 0) is 17.0 Å². The largest absolute Gasteiger partial charge is 0.318 e. The number of alkyl halides is 1. The van der Waals surface area contributed by atoms with Gasteiger partial charge in [0.2, 0.25) is 0 Å². The van der Waals surface area contributed by atoms with E-state index in [0.29, 0.717) is 5.88 Å². The summed E-state index contributed by atoms with van der Waals surface area (Å²) >= 11 is 7.53. The molecule has 0 aliphatic carbocycles. The molecule has 0 amide bonds. The Morgan fingerprint density at radius 2 is 2.19 bits per heavy atom. The molecule has 2 nitrogen and oxygen atoms in total. The molecule has 1 aromatic carbocycles. The second-order valence-electron chi connectivity index (χ2n) is 3.47. The highest BCUT2D eigenvalue weighted by Gasteiger charge is 2.26. The fourth-order valence-corrected chi connectivity index (χ4v) is 2.98. The van der Waals surface area contributed by atoms with Crippen LogP contribution in [0.4, 0.5) is 5.69 Å². The Kier molecular flexibility index (Phi) is 3.47.